The summed E-state index contributed by atoms with van der Waals surface area (Å²) in [5, 5.41) is 3.48. The van der Waals surface area contributed by atoms with Crippen LogP contribution in [0.4, 0.5) is 0 Å². The molecule has 0 saturated carbocycles. The van der Waals surface area contributed by atoms with Crippen LogP contribution in [-0.4, -0.2) is 31.1 Å². The minimum atomic E-state index is 0. The Bertz CT molecular complexity index is 323. The van der Waals surface area contributed by atoms with Gasteiger partial charge in [0.15, 0.2) is 0 Å². The van der Waals surface area contributed by atoms with E-state index in [-0.39, 0.29) is 12.4 Å². The SMILES string of the molecule is CCc1ccc(C2CNCCN2CC)cc1.Cl. The molecule has 0 bridgehead atoms. The molecule has 17 heavy (non-hydrogen) atoms. The second-order valence-electron chi connectivity index (χ2n) is 4.44. The molecule has 1 aliphatic rings. The predicted molar refractivity (Wildman–Crippen MR) is 75.9 cm³/mol. The standard InChI is InChI=1S/C14H22N2.ClH/c1-3-12-5-7-13(8-6-12)14-11-15-9-10-16(14)4-2;/h5-8,14-15H,3-4,9-11H2,1-2H3;1H. The molecular weight excluding hydrogens is 232 g/mol. The molecule has 3 heteroatoms. The summed E-state index contributed by atoms with van der Waals surface area (Å²) in [5.74, 6) is 0. The summed E-state index contributed by atoms with van der Waals surface area (Å²) in [4.78, 5) is 2.55. The largest absolute Gasteiger partial charge is 0.314 e. The summed E-state index contributed by atoms with van der Waals surface area (Å²) < 4.78 is 0. The van der Waals surface area contributed by atoms with Crippen LogP contribution in [0.3, 0.4) is 0 Å². The third kappa shape index (κ3) is 3.44. The summed E-state index contributed by atoms with van der Waals surface area (Å²) in [6.45, 7) is 8.96. The van der Waals surface area contributed by atoms with Crippen LogP contribution in [0.25, 0.3) is 0 Å². The average Bonchev–Trinajstić information content (AvgIpc) is 2.39. The molecule has 0 aromatic heterocycles. The van der Waals surface area contributed by atoms with Gasteiger partial charge in [0.05, 0.1) is 0 Å². The number of hydrogen-bond donors (Lipinski definition) is 1. The number of piperazine rings is 1. The van der Waals surface area contributed by atoms with Crippen molar-refractivity contribution in [3.63, 3.8) is 0 Å². The van der Waals surface area contributed by atoms with Gasteiger partial charge in [0.25, 0.3) is 0 Å². The number of rotatable bonds is 3. The first-order chi connectivity index (χ1) is 7.85. The summed E-state index contributed by atoms with van der Waals surface area (Å²) >= 11 is 0. The van der Waals surface area contributed by atoms with Crippen molar-refractivity contribution in [3.05, 3.63) is 35.4 Å². The molecule has 2 nitrogen and oxygen atoms in total. The number of hydrogen-bond acceptors (Lipinski definition) is 2. The van der Waals surface area contributed by atoms with Gasteiger partial charge in [0.1, 0.15) is 0 Å². The third-order valence-corrected chi connectivity index (χ3v) is 3.53. The summed E-state index contributed by atoms with van der Waals surface area (Å²) in [6, 6.07) is 9.66. The Kier molecular flexibility index (Phi) is 5.96. The van der Waals surface area contributed by atoms with E-state index in [1.807, 2.05) is 0 Å². The molecule has 1 atom stereocenters. The molecule has 0 spiro atoms. The second kappa shape index (κ2) is 7.00. The van der Waals surface area contributed by atoms with Gasteiger partial charge in [-0.25, -0.2) is 0 Å². The van der Waals surface area contributed by atoms with E-state index in [9.17, 15) is 0 Å². The normalized spacial score (nSPS) is 20.9. The number of nitrogens with zero attached hydrogens (tertiary/aromatic N) is 1. The molecule has 0 radical (unpaired) electrons. The maximum absolute atomic E-state index is 3.48. The molecule has 1 unspecified atom stereocenters. The van der Waals surface area contributed by atoms with Gasteiger partial charge in [-0.2, -0.15) is 0 Å². The Morgan fingerprint density at radius 3 is 2.53 bits per heavy atom. The number of likely N-dealkylation sites (N-methyl/N-ethyl adjacent to an activating group) is 1. The first-order valence-electron chi connectivity index (χ1n) is 6.38. The van der Waals surface area contributed by atoms with E-state index >= 15 is 0 Å². The van der Waals surface area contributed by atoms with Crippen LogP contribution in [0.5, 0.6) is 0 Å². The Morgan fingerprint density at radius 1 is 1.24 bits per heavy atom. The lowest BCUT2D eigenvalue weighted by atomic mass is 10.0. The van der Waals surface area contributed by atoms with Crippen LogP contribution in [-0.2, 0) is 6.42 Å². The molecule has 1 fully saturated rings. The maximum atomic E-state index is 3.48. The van der Waals surface area contributed by atoms with Gasteiger partial charge in [0.2, 0.25) is 0 Å². The lowest BCUT2D eigenvalue weighted by Crippen LogP contribution is -2.45. The lowest BCUT2D eigenvalue weighted by Gasteiger charge is -2.35. The van der Waals surface area contributed by atoms with Crippen molar-refractivity contribution in [3.8, 4) is 0 Å². The zero-order valence-corrected chi connectivity index (χ0v) is 11.6. The van der Waals surface area contributed by atoms with E-state index < -0.39 is 0 Å². The van der Waals surface area contributed by atoms with Gasteiger partial charge < -0.3 is 5.32 Å². The first kappa shape index (κ1) is 14.5. The van der Waals surface area contributed by atoms with Crippen molar-refractivity contribution in [1.29, 1.82) is 0 Å². The van der Waals surface area contributed by atoms with Crippen molar-refractivity contribution in [1.82, 2.24) is 10.2 Å². The Labute approximate surface area is 111 Å². The van der Waals surface area contributed by atoms with E-state index in [2.05, 4.69) is 48.3 Å². The van der Waals surface area contributed by atoms with Crippen molar-refractivity contribution in [2.45, 2.75) is 26.3 Å². The Morgan fingerprint density at radius 2 is 1.94 bits per heavy atom. The van der Waals surface area contributed by atoms with E-state index in [4.69, 9.17) is 0 Å². The molecule has 2 rings (SSSR count). The monoisotopic (exact) mass is 254 g/mol. The summed E-state index contributed by atoms with van der Waals surface area (Å²) in [6.07, 6.45) is 1.13. The highest BCUT2D eigenvalue weighted by atomic mass is 35.5. The van der Waals surface area contributed by atoms with Crippen molar-refractivity contribution < 1.29 is 0 Å². The Balaban J connectivity index is 0.00000144. The molecule has 1 saturated heterocycles. The second-order valence-corrected chi connectivity index (χ2v) is 4.44. The molecule has 1 N–H and O–H groups in total. The topological polar surface area (TPSA) is 15.3 Å². The van der Waals surface area contributed by atoms with Crippen molar-refractivity contribution >= 4 is 12.4 Å². The van der Waals surface area contributed by atoms with Gasteiger partial charge in [-0.05, 0) is 24.1 Å². The van der Waals surface area contributed by atoms with Crippen LogP contribution in [0.1, 0.15) is 31.0 Å². The lowest BCUT2D eigenvalue weighted by molar-refractivity contribution is 0.171. The smallest absolute Gasteiger partial charge is 0.0473 e. The molecule has 0 amide bonds. The van der Waals surface area contributed by atoms with Crippen LogP contribution < -0.4 is 5.32 Å². The van der Waals surface area contributed by atoms with Crippen molar-refractivity contribution in [2.24, 2.45) is 0 Å². The van der Waals surface area contributed by atoms with E-state index in [1.54, 1.807) is 0 Å². The fourth-order valence-electron chi connectivity index (χ4n) is 2.43. The predicted octanol–water partition coefficient (Wildman–Crippen LogP) is 2.64. The molecule has 96 valence electrons. The summed E-state index contributed by atoms with van der Waals surface area (Å²) in [7, 11) is 0. The van der Waals surface area contributed by atoms with E-state index in [1.165, 1.54) is 11.1 Å². The highest BCUT2D eigenvalue weighted by Crippen LogP contribution is 2.22. The Hall–Kier alpha value is -0.570. The van der Waals surface area contributed by atoms with Crippen LogP contribution in [0.15, 0.2) is 24.3 Å². The average molecular weight is 255 g/mol. The van der Waals surface area contributed by atoms with Crippen LogP contribution >= 0.6 is 12.4 Å². The molecule has 1 aromatic rings. The van der Waals surface area contributed by atoms with Crippen LogP contribution in [0.2, 0.25) is 0 Å². The highest BCUT2D eigenvalue weighted by molar-refractivity contribution is 5.85. The van der Waals surface area contributed by atoms with Gasteiger partial charge in [-0.15, -0.1) is 12.4 Å². The molecular formula is C14H23ClN2. The van der Waals surface area contributed by atoms with E-state index in [0.717, 1.165) is 32.6 Å². The van der Waals surface area contributed by atoms with E-state index in [0.29, 0.717) is 6.04 Å². The number of nitrogens with one attached hydrogen (secondary N) is 1. The fourth-order valence-corrected chi connectivity index (χ4v) is 2.43. The number of halogens is 1. The number of aryl methyl sites for hydroxylation is 1. The minimum Gasteiger partial charge on any atom is -0.314 e. The molecule has 0 aliphatic carbocycles. The van der Waals surface area contributed by atoms with Gasteiger partial charge in [-0.1, -0.05) is 38.1 Å². The van der Waals surface area contributed by atoms with Gasteiger partial charge in [-0.3, -0.25) is 4.90 Å². The fraction of sp³-hybridized carbons (Fsp3) is 0.571. The van der Waals surface area contributed by atoms with Crippen molar-refractivity contribution in [2.75, 3.05) is 26.2 Å². The molecule has 1 heterocycles. The van der Waals surface area contributed by atoms with Gasteiger partial charge in [0, 0.05) is 25.7 Å². The van der Waals surface area contributed by atoms with Crippen LogP contribution in [0, 0.1) is 0 Å². The molecule has 1 aromatic carbocycles. The summed E-state index contributed by atoms with van der Waals surface area (Å²) in [5.41, 5.74) is 2.88. The quantitative estimate of drug-likeness (QED) is 0.892. The maximum Gasteiger partial charge on any atom is 0.0473 e. The first-order valence-corrected chi connectivity index (χ1v) is 6.38. The zero-order chi connectivity index (χ0) is 11.4. The molecule has 1 aliphatic heterocycles. The minimum absolute atomic E-state index is 0. The zero-order valence-electron chi connectivity index (χ0n) is 10.8. The number of benzene rings is 1. The van der Waals surface area contributed by atoms with Gasteiger partial charge >= 0.3 is 0 Å². The third-order valence-electron chi connectivity index (χ3n) is 3.53. The highest BCUT2D eigenvalue weighted by Gasteiger charge is 2.21.